The van der Waals surface area contributed by atoms with Crippen molar-refractivity contribution in [1.29, 1.82) is 0 Å². The molecule has 0 atom stereocenters. The molecule has 0 aliphatic rings. The average molecular weight is 378 g/mol. The van der Waals surface area contributed by atoms with Crippen LogP contribution in [-0.2, 0) is 6.42 Å². The molecule has 3 aromatic rings. The molecule has 0 radical (unpaired) electrons. The van der Waals surface area contributed by atoms with Crippen molar-refractivity contribution < 1.29 is 14.3 Å². The molecule has 28 heavy (non-hydrogen) atoms. The zero-order chi connectivity index (χ0) is 19.8. The molecule has 1 heterocycles. The Bertz CT molecular complexity index is 929. The van der Waals surface area contributed by atoms with Gasteiger partial charge in [-0.2, -0.15) is 0 Å². The number of nitrogens with one attached hydrogen (secondary N) is 2. The number of aromatic nitrogens is 2. The maximum atomic E-state index is 12.4. The predicted octanol–water partition coefficient (Wildman–Crippen LogP) is 3.21. The molecular weight excluding hydrogens is 356 g/mol. The van der Waals surface area contributed by atoms with Gasteiger partial charge in [0.1, 0.15) is 17.2 Å². The van der Waals surface area contributed by atoms with E-state index >= 15 is 0 Å². The van der Waals surface area contributed by atoms with E-state index in [4.69, 9.17) is 9.47 Å². The average Bonchev–Trinajstić information content (AvgIpc) is 2.74. The van der Waals surface area contributed by atoms with E-state index in [1.54, 1.807) is 26.5 Å². The first-order chi connectivity index (χ1) is 13.7. The summed E-state index contributed by atoms with van der Waals surface area (Å²) in [5, 5.41) is 5.95. The monoisotopic (exact) mass is 378 g/mol. The molecule has 1 amide bonds. The third-order valence-electron chi connectivity index (χ3n) is 4.11. The largest absolute Gasteiger partial charge is 0.497 e. The molecule has 1 aromatic heterocycles. The minimum absolute atomic E-state index is 0.255. The van der Waals surface area contributed by atoms with Crippen LogP contribution in [-0.4, -0.2) is 36.6 Å². The van der Waals surface area contributed by atoms with Gasteiger partial charge in [-0.25, -0.2) is 9.97 Å². The van der Waals surface area contributed by atoms with E-state index in [1.165, 1.54) is 0 Å². The fourth-order valence-corrected chi connectivity index (χ4v) is 2.66. The molecular formula is C21H22N4O3. The van der Waals surface area contributed by atoms with Gasteiger partial charge >= 0.3 is 0 Å². The first kappa shape index (κ1) is 19.2. The molecule has 2 aromatic carbocycles. The lowest BCUT2D eigenvalue weighted by atomic mass is 10.1. The third kappa shape index (κ3) is 4.97. The van der Waals surface area contributed by atoms with Gasteiger partial charge in [-0.1, -0.05) is 18.2 Å². The highest BCUT2D eigenvalue weighted by Gasteiger charge is 2.09. The van der Waals surface area contributed by atoms with Gasteiger partial charge in [0, 0.05) is 18.4 Å². The summed E-state index contributed by atoms with van der Waals surface area (Å²) in [6, 6.07) is 16.7. The Balaban J connectivity index is 1.58. The molecule has 3 rings (SSSR count). The van der Waals surface area contributed by atoms with Crippen molar-refractivity contribution in [1.82, 2.24) is 15.3 Å². The topological polar surface area (TPSA) is 85.4 Å². The van der Waals surface area contributed by atoms with E-state index in [2.05, 4.69) is 20.6 Å². The Kier molecular flexibility index (Phi) is 6.41. The quantitative estimate of drug-likeness (QED) is 0.626. The highest BCUT2D eigenvalue weighted by atomic mass is 16.5. The van der Waals surface area contributed by atoms with Crippen molar-refractivity contribution in [3.05, 3.63) is 72.1 Å². The Morgan fingerprint density at radius 3 is 2.54 bits per heavy atom. The van der Waals surface area contributed by atoms with E-state index in [1.807, 2.05) is 48.5 Å². The fourth-order valence-electron chi connectivity index (χ4n) is 2.66. The van der Waals surface area contributed by atoms with E-state index in [0.717, 1.165) is 22.7 Å². The Morgan fingerprint density at radius 1 is 1.00 bits per heavy atom. The number of carbonyl (C=O) groups is 1. The van der Waals surface area contributed by atoms with Gasteiger partial charge in [0.05, 0.1) is 14.2 Å². The van der Waals surface area contributed by atoms with E-state index < -0.39 is 0 Å². The number of methoxy groups -OCH3 is 2. The van der Waals surface area contributed by atoms with Gasteiger partial charge in [0.2, 0.25) is 5.95 Å². The van der Waals surface area contributed by atoms with Crippen LogP contribution in [0.3, 0.4) is 0 Å². The second-order valence-electron chi connectivity index (χ2n) is 5.94. The normalized spacial score (nSPS) is 10.2. The predicted molar refractivity (Wildman–Crippen MR) is 107 cm³/mol. The van der Waals surface area contributed by atoms with Gasteiger partial charge in [-0.05, 0) is 48.4 Å². The standard InChI is InChI=1S/C21H22N4O3/c1-27-17-9-7-16(8-10-17)24-21-23-14-12-18(25-21)20(26)22-13-11-15-5-3-4-6-19(15)28-2/h3-10,12,14H,11,13H2,1-2H3,(H,22,26)(H,23,24,25). The number of ether oxygens (including phenoxy) is 2. The lowest BCUT2D eigenvalue weighted by Crippen LogP contribution is -2.26. The molecule has 0 aliphatic heterocycles. The minimum Gasteiger partial charge on any atom is -0.497 e. The zero-order valence-corrected chi connectivity index (χ0v) is 15.8. The van der Waals surface area contributed by atoms with Crippen molar-refractivity contribution in [2.45, 2.75) is 6.42 Å². The lowest BCUT2D eigenvalue weighted by molar-refractivity contribution is 0.0949. The molecule has 0 spiro atoms. The Labute approximate surface area is 163 Å². The second-order valence-corrected chi connectivity index (χ2v) is 5.94. The molecule has 7 nitrogen and oxygen atoms in total. The Morgan fingerprint density at radius 2 is 1.79 bits per heavy atom. The Hall–Kier alpha value is -3.61. The molecule has 0 aliphatic carbocycles. The number of rotatable bonds is 8. The van der Waals surface area contributed by atoms with Crippen molar-refractivity contribution >= 4 is 17.5 Å². The maximum Gasteiger partial charge on any atom is 0.270 e. The number of hydrogen-bond donors (Lipinski definition) is 2. The van der Waals surface area contributed by atoms with Crippen LogP contribution in [0, 0.1) is 0 Å². The van der Waals surface area contributed by atoms with E-state index in [9.17, 15) is 4.79 Å². The molecule has 0 saturated carbocycles. The van der Waals surface area contributed by atoms with Crippen molar-refractivity contribution in [3.8, 4) is 11.5 Å². The summed E-state index contributed by atoms with van der Waals surface area (Å²) in [4.78, 5) is 20.8. The summed E-state index contributed by atoms with van der Waals surface area (Å²) in [7, 11) is 3.25. The number of carbonyl (C=O) groups excluding carboxylic acids is 1. The molecule has 0 saturated heterocycles. The summed E-state index contributed by atoms with van der Waals surface area (Å²) in [6.45, 7) is 0.477. The summed E-state index contributed by atoms with van der Waals surface area (Å²) < 4.78 is 10.5. The van der Waals surface area contributed by atoms with Crippen LogP contribution in [0.15, 0.2) is 60.8 Å². The third-order valence-corrected chi connectivity index (χ3v) is 4.11. The van der Waals surface area contributed by atoms with Crippen LogP contribution in [0.4, 0.5) is 11.6 Å². The van der Waals surface area contributed by atoms with Gasteiger partial charge < -0.3 is 20.1 Å². The first-order valence-electron chi connectivity index (χ1n) is 8.84. The molecule has 2 N–H and O–H groups in total. The van der Waals surface area contributed by atoms with Crippen LogP contribution in [0.1, 0.15) is 16.1 Å². The van der Waals surface area contributed by atoms with Crippen LogP contribution >= 0.6 is 0 Å². The molecule has 7 heteroatoms. The van der Waals surface area contributed by atoms with Crippen LogP contribution in [0.5, 0.6) is 11.5 Å². The summed E-state index contributed by atoms with van der Waals surface area (Å²) in [5.41, 5.74) is 2.13. The molecule has 0 fully saturated rings. The molecule has 144 valence electrons. The number of benzene rings is 2. The highest BCUT2D eigenvalue weighted by molar-refractivity contribution is 5.92. The highest BCUT2D eigenvalue weighted by Crippen LogP contribution is 2.18. The molecule has 0 unspecified atom stereocenters. The summed E-state index contributed by atoms with van der Waals surface area (Å²) in [5.74, 6) is 1.66. The number of anilines is 2. The number of hydrogen-bond acceptors (Lipinski definition) is 6. The van der Waals surface area contributed by atoms with Crippen LogP contribution in [0.25, 0.3) is 0 Å². The van der Waals surface area contributed by atoms with E-state index in [-0.39, 0.29) is 5.91 Å². The molecule has 0 bridgehead atoms. The summed E-state index contributed by atoms with van der Waals surface area (Å²) >= 11 is 0. The zero-order valence-electron chi connectivity index (χ0n) is 15.8. The number of nitrogens with zero attached hydrogens (tertiary/aromatic N) is 2. The SMILES string of the molecule is COc1ccc(Nc2nccc(C(=O)NCCc3ccccc3OC)n2)cc1. The van der Waals surface area contributed by atoms with Gasteiger partial charge in [0.25, 0.3) is 5.91 Å². The second kappa shape index (κ2) is 9.36. The van der Waals surface area contributed by atoms with Gasteiger partial charge in [-0.3, -0.25) is 4.79 Å². The fraction of sp³-hybridized carbons (Fsp3) is 0.190. The van der Waals surface area contributed by atoms with Crippen molar-refractivity contribution in [3.63, 3.8) is 0 Å². The van der Waals surface area contributed by atoms with Gasteiger partial charge in [-0.15, -0.1) is 0 Å². The smallest absolute Gasteiger partial charge is 0.270 e. The number of amides is 1. The van der Waals surface area contributed by atoms with Crippen LogP contribution < -0.4 is 20.1 Å². The maximum absolute atomic E-state index is 12.4. The van der Waals surface area contributed by atoms with Crippen molar-refractivity contribution in [2.24, 2.45) is 0 Å². The first-order valence-corrected chi connectivity index (χ1v) is 8.84. The van der Waals surface area contributed by atoms with E-state index in [0.29, 0.717) is 24.6 Å². The lowest BCUT2D eigenvalue weighted by Gasteiger charge is -2.10. The van der Waals surface area contributed by atoms with Crippen molar-refractivity contribution in [2.75, 3.05) is 26.1 Å². The minimum atomic E-state index is -0.255. The summed E-state index contributed by atoms with van der Waals surface area (Å²) in [6.07, 6.45) is 2.21. The number of para-hydroxylation sites is 1. The van der Waals surface area contributed by atoms with Gasteiger partial charge in [0.15, 0.2) is 0 Å². The van der Waals surface area contributed by atoms with Crippen LogP contribution in [0.2, 0.25) is 0 Å².